The topological polar surface area (TPSA) is 41.6 Å². The number of hydrogen-bond donors (Lipinski definition) is 1. The van der Waals surface area contributed by atoms with Crippen LogP contribution in [-0.4, -0.2) is 32.1 Å². The predicted molar refractivity (Wildman–Crippen MR) is 79.3 cm³/mol. The Morgan fingerprint density at radius 1 is 1.35 bits per heavy atom. The van der Waals surface area contributed by atoms with E-state index in [1.807, 2.05) is 17.0 Å². The zero-order valence-corrected chi connectivity index (χ0v) is 12.0. The summed E-state index contributed by atoms with van der Waals surface area (Å²) < 4.78 is 5.47. The third-order valence-corrected chi connectivity index (χ3v) is 4.27. The molecule has 4 nitrogen and oxygen atoms in total. The van der Waals surface area contributed by atoms with Crippen LogP contribution in [0, 0.1) is 0 Å². The van der Waals surface area contributed by atoms with E-state index in [9.17, 15) is 4.79 Å². The van der Waals surface area contributed by atoms with Crippen molar-refractivity contribution in [2.75, 3.05) is 25.1 Å². The lowest BCUT2D eigenvalue weighted by Gasteiger charge is -2.34. The van der Waals surface area contributed by atoms with Crippen LogP contribution in [0.15, 0.2) is 18.2 Å². The normalized spacial score (nSPS) is 22.2. The molecular weight excluding hydrogens is 252 g/mol. The zero-order valence-electron chi connectivity index (χ0n) is 12.0. The first-order valence-electron chi connectivity index (χ1n) is 7.52. The Balaban J connectivity index is 1.90. The number of anilines is 1. The van der Waals surface area contributed by atoms with Gasteiger partial charge in [-0.1, -0.05) is 18.6 Å². The summed E-state index contributed by atoms with van der Waals surface area (Å²) >= 11 is 0. The molecule has 1 amide bonds. The second-order valence-electron chi connectivity index (χ2n) is 5.56. The van der Waals surface area contributed by atoms with Crippen molar-refractivity contribution in [2.45, 2.75) is 38.1 Å². The van der Waals surface area contributed by atoms with Gasteiger partial charge in [0, 0.05) is 6.54 Å². The van der Waals surface area contributed by atoms with Gasteiger partial charge in [-0.2, -0.15) is 0 Å². The summed E-state index contributed by atoms with van der Waals surface area (Å²) in [5.41, 5.74) is 2.21. The number of amides is 1. The maximum absolute atomic E-state index is 12.8. The molecule has 2 aliphatic heterocycles. The van der Waals surface area contributed by atoms with Gasteiger partial charge in [0.15, 0.2) is 0 Å². The molecule has 1 saturated heterocycles. The van der Waals surface area contributed by atoms with Gasteiger partial charge in [0.05, 0.1) is 18.8 Å². The predicted octanol–water partition coefficient (Wildman–Crippen LogP) is 2.12. The van der Waals surface area contributed by atoms with E-state index in [1.165, 1.54) is 12.0 Å². The molecule has 0 unspecified atom stereocenters. The third kappa shape index (κ3) is 2.40. The quantitative estimate of drug-likeness (QED) is 0.898. The second kappa shape index (κ2) is 5.83. The highest BCUT2D eigenvalue weighted by Crippen LogP contribution is 2.36. The van der Waals surface area contributed by atoms with Crippen LogP contribution in [0.5, 0.6) is 5.75 Å². The molecule has 1 aromatic carbocycles. The lowest BCUT2D eigenvalue weighted by atomic mass is 9.98. The van der Waals surface area contributed by atoms with Gasteiger partial charge >= 0.3 is 0 Å². The van der Waals surface area contributed by atoms with Gasteiger partial charge < -0.3 is 15.0 Å². The summed E-state index contributed by atoms with van der Waals surface area (Å²) in [6.45, 7) is 1.74. The van der Waals surface area contributed by atoms with E-state index < -0.39 is 0 Å². The maximum atomic E-state index is 12.8. The van der Waals surface area contributed by atoms with E-state index in [-0.39, 0.29) is 11.9 Å². The van der Waals surface area contributed by atoms with Crippen LogP contribution < -0.4 is 15.0 Å². The lowest BCUT2D eigenvalue weighted by Crippen LogP contribution is -2.50. The number of piperidine rings is 1. The van der Waals surface area contributed by atoms with E-state index in [1.54, 1.807) is 7.11 Å². The summed E-state index contributed by atoms with van der Waals surface area (Å²) in [6, 6.07) is 6.02. The minimum absolute atomic E-state index is 0.0281. The Morgan fingerprint density at radius 3 is 3.00 bits per heavy atom. The van der Waals surface area contributed by atoms with Crippen molar-refractivity contribution in [2.24, 2.45) is 0 Å². The number of carbonyl (C=O) groups excluding carboxylic acids is 1. The van der Waals surface area contributed by atoms with Gasteiger partial charge in [-0.15, -0.1) is 0 Å². The van der Waals surface area contributed by atoms with Crippen molar-refractivity contribution in [3.63, 3.8) is 0 Å². The highest BCUT2D eigenvalue weighted by atomic mass is 16.5. The first kappa shape index (κ1) is 13.4. The lowest BCUT2D eigenvalue weighted by molar-refractivity contribution is -0.121. The van der Waals surface area contributed by atoms with E-state index in [2.05, 4.69) is 11.4 Å². The number of para-hydroxylation sites is 1. The molecule has 4 heteroatoms. The molecule has 108 valence electrons. The molecule has 3 rings (SSSR count). The number of hydrogen-bond acceptors (Lipinski definition) is 3. The van der Waals surface area contributed by atoms with Crippen LogP contribution >= 0.6 is 0 Å². The molecule has 0 aliphatic carbocycles. The molecule has 1 fully saturated rings. The maximum Gasteiger partial charge on any atom is 0.244 e. The summed E-state index contributed by atoms with van der Waals surface area (Å²) in [4.78, 5) is 14.7. The van der Waals surface area contributed by atoms with Gasteiger partial charge in [-0.25, -0.2) is 0 Å². The third-order valence-electron chi connectivity index (χ3n) is 4.27. The van der Waals surface area contributed by atoms with E-state index >= 15 is 0 Å². The number of methoxy groups -OCH3 is 1. The van der Waals surface area contributed by atoms with Gasteiger partial charge in [0.2, 0.25) is 5.91 Å². The molecule has 2 aliphatic rings. The van der Waals surface area contributed by atoms with E-state index in [0.29, 0.717) is 0 Å². The van der Waals surface area contributed by atoms with Gasteiger partial charge in [0.25, 0.3) is 0 Å². The zero-order chi connectivity index (χ0) is 13.9. The van der Waals surface area contributed by atoms with E-state index in [0.717, 1.165) is 50.2 Å². The van der Waals surface area contributed by atoms with Crippen LogP contribution in [0.1, 0.15) is 31.2 Å². The summed E-state index contributed by atoms with van der Waals surface area (Å²) in [7, 11) is 1.67. The van der Waals surface area contributed by atoms with Crippen molar-refractivity contribution in [3.8, 4) is 5.75 Å². The number of benzene rings is 1. The van der Waals surface area contributed by atoms with Crippen molar-refractivity contribution in [1.29, 1.82) is 0 Å². The minimum Gasteiger partial charge on any atom is -0.495 e. The highest BCUT2D eigenvalue weighted by Gasteiger charge is 2.31. The Labute approximate surface area is 120 Å². The Kier molecular flexibility index (Phi) is 3.92. The smallest absolute Gasteiger partial charge is 0.244 e. The first-order valence-corrected chi connectivity index (χ1v) is 7.52. The number of ether oxygens (including phenoxy) is 1. The molecule has 20 heavy (non-hydrogen) atoms. The molecule has 0 radical (unpaired) electrons. The Morgan fingerprint density at radius 2 is 2.25 bits per heavy atom. The molecule has 0 aromatic heterocycles. The average molecular weight is 274 g/mol. The van der Waals surface area contributed by atoms with Crippen LogP contribution in [-0.2, 0) is 11.2 Å². The molecule has 2 heterocycles. The molecule has 0 saturated carbocycles. The summed E-state index contributed by atoms with van der Waals surface area (Å²) in [6.07, 6.45) is 5.30. The number of nitrogens with zero attached hydrogens (tertiary/aromatic N) is 1. The largest absolute Gasteiger partial charge is 0.495 e. The van der Waals surface area contributed by atoms with Crippen molar-refractivity contribution < 1.29 is 9.53 Å². The van der Waals surface area contributed by atoms with Crippen molar-refractivity contribution >= 4 is 11.6 Å². The van der Waals surface area contributed by atoms with Crippen LogP contribution in [0.3, 0.4) is 0 Å². The average Bonchev–Trinajstić information content (AvgIpc) is 2.53. The molecular formula is C16H22N2O2. The standard InChI is InChI=1S/C16H22N2O2/c1-20-14-9-4-6-12-7-5-11-18(15(12)14)16(19)13-8-2-3-10-17-13/h4,6,9,13,17H,2-3,5,7-8,10-11H2,1H3/t13-/m0/s1. The number of rotatable bonds is 2. The van der Waals surface area contributed by atoms with E-state index in [4.69, 9.17) is 4.74 Å². The Hall–Kier alpha value is -1.55. The number of nitrogens with one attached hydrogen (secondary N) is 1. The van der Waals surface area contributed by atoms with Gasteiger partial charge in [-0.05, 0) is 43.9 Å². The fraction of sp³-hybridized carbons (Fsp3) is 0.562. The monoisotopic (exact) mass is 274 g/mol. The summed E-state index contributed by atoms with van der Waals surface area (Å²) in [5, 5.41) is 3.35. The number of carbonyl (C=O) groups is 1. The van der Waals surface area contributed by atoms with Crippen LogP contribution in [0.2, 0.25) is 0 Å². The fourth-order valence-electron chi connectivity index (χ4n) is 3.25. The SMILES string of the molecule is COc1cccc2c1N(C(=O)[C@@H]1CCCCN1)CCC2. The van der Waals surface area contributed by atoms with Gasteiger partial charge in [-0.3, -0.25) is 4.79 Å². The highest BCUT2D eigenvalue weighted by molar-refractivity contribution is 5.99. The molecule has 0 spiro atoms. The molecule has 0 bridgehead atoms. The van der Waals surface area contributed by atoms with Crippen LogP contribution in [0.25, 0.3) is 0 Å². The number of fused-ring (bicyclic) bond motifs is 1. The Bertz CT molecular complexity index is 481. The van der Waals surface area contributed by atoms with Crippen LogP contribution in [0.4, 0.5) is 5.69 Å². The summed E-state index contributed by atoms with van der Waals surface area (Å²) in [5.74, 6) is 1.02. The minimum atomic E-state index is -0.0281. The first-order chi connectivity index (χ1) is 9.81. The molecule has 1 N–H and O–H groups in total. The van der Waals surface area contributed by atoms with Gasteiger partial charge in [0.1, 0.15) is 5.75 Å². The molecule has 1 atom stereocenters. The molecule has 1 aromatic rings. The second-order valence-corrected chi connectivity index (χ2v) is 5.56. The fourth-order valence-corrected chi connectivity index (χ4v) is 3.25. The van der Waals surface area contributed by atoms with Crippen molar-refractivity contribution in [3.05, 3.63) is 23.8 Å². The van der Waals surface area contributed by atoms with Crippen molar-refractivity contribution in [1.82, 2.24) is 5.32 Å². The number of aryl methyl sites for hydroxylation is 1.